The number of carbonyl (C=O) groups is 1. The van der Waals surface area contributed by atoms with E-state index in [1.165, 1.54) is 23.5 Å². The molecule has 0 radical (unpaired) electrons. The lowest BCUT2D eigenvalue weighted by molar-refractivity contribution is -0.116. The highest BCUT2D eigenvalue weighted by Gasteiger charge is 2.11. The second-order valence-corrected chi connectivity index (χ2v) is 5.22. The number of hydrogen-bond acceptors (Lipinski definition) is 4. The van der Waals surface area contributed by atoms with Gasteiger partial charge in [0.1, 0.15) is 5.82 Å². The molecule has 100 valence electrons. The van der Waals surface area contributed by atoms with Gasteiger partial charge < -0.3 is 11.1 Å². The number of aryl methyl sites for hydroxylation is 1. The minimum absolute atomic E-state index is 0.151. The normalized spacial score (nSPS) is 10.5. The Kier molecular flexibility index (Phi) is 4.24. The molecule has 0 aliphatic heterocycles. The van der Waals surface area contributed by atoms with Crippen LogP contribution < -0.4 is 11.1 Å². The van der Waals surface area contributed by atoms with Crippen molar-refractivity contribution in [1.82, 2.24) is 4.98 Å². The number of thiazole rings is 1. The zero-order chi connectivity index (χ0) is 13.8. The Morgan fingerprint density at radius 2 is 2.11 bits per heavy atom. The van der Waals surface area contributed by atoms with Gasteiger partial charge in [-0.05, 0) is 31.2 Å². The largest absolute Gasteiger partial charge is 0.330 e. The van der Waals surface area contributed by atoms with Crippen LogP contribution in [0.3, 0.4) is 0 Å². The molecule has 0 atom stereocenters. The molecule has 0 saturated heterocycles. The van der Waals surface area contributed by atoms with Crippen LogP contribution in [0.2, 0.25) is 0 Å². The summed E-state index contributed by atoms with van der Waals surface area (Å²) in [4.78, 5) is 16.8. The maximum atomic E-state index is 12.9. The topological polar surface area (TPSA) is 68.0 Å². The molecule has 3 N–H and O–H groups in total. The average Bonchev–Trinajstić information content (AvgIpc) is 2.71. The van der Waals surface area contributed by atoms with E-state index in [2.05, 4.69) is 10.3 Å². The van der Waals surface area contributed by atoms with Crippen molar-refractivity contribution < 1.29 is 9.18 Å². The zero-order valence-electron chi connectivity index (χ0n) is 10.4. The molecule has 2 aromatic rings. The predicted molar refractivity (Wildman–Crippen MR) is 74.5 cm³/mol. The molecule has 6 heteroatoms. The van der Waals surface area contributed by atoms with E-state index in [1.54, 1.807) is 12.1 Å². The molecule has 0 bridgehead atoms. The van der Waals surface area contributed by atoms with E-state index in [9.17, 15) is 9.18 Å². The molecule has 0 fully saturated rings. The highest BCUT2D eigenvalue weighted by molar-refractivity contribution is 7.16. The smallest absolute Gasteiger partial charge is 0.227 e. The first-order chi connectivity index (χ1) is 9.10. The van der Waals surface area contributed by atoms with E-state index in [1.807, 2.05) is 6.92 Å². The van der Waals surface area contributed by atoms with Crippen molar-refractivity contribution in [3.8, 4) is 11.3 Å². The van der Waals surface area contributed by atoms with Gasteiger partial charge in [-0.3, -0.25) is 4.79 Å². The number of nitrogens with zero attached hydrogens (tertiary/aromatic N) is 1. The first-order valence-electron chi connectivity index (χ1n) is 5.83. The fourth-order valence-electron chi connectivity index (χ4n) is 1.64. The summed E-state index contributed by atoms with van der Waals surface area (Å²) >= 11 is 1.39. The standard InChI is InChI=1S/C13H14FN3OS/c1-8-12(9-2-4-10(14)5-3-9)17-13(19-8)16-11(18)6-7-15/h2-5H,6-7,15H2,1H3,(H,16,17,18). The fourth-order valence-corrected chi connectivity index (χ4v) is 2.49. The number of amides is 1. The van der Waals surface area contributed by atoms with Crippen LogP contribution in [0.5, 0.6) is 0 Å². The Hall–Kier alpha value is -1.79. The van der Waals surface area contributed by atoms with Crippen LogP contribution in [0, 0.1) is 12.7 Å². The maximum absolute atomic E-state index is 12.9. The van der Waals surface area contributed by atoms with Crippen LogP contribution in [0.4, 0.5) is 9.52 Å². The third-order valence-corrected chi connectivity index (χ3v) is 3.42. The first kappa shape index (κ1) is 13.6. The van der Waals surface area contributed by atoms with Gasteiger partial charge in [0, 0.05) is 23.4 Å². The van der Waals surface area contributed by atoms with Crippen molar-refractivity contribution in [2.75, 3.05) is 11.9 Å². The van der Waals surface area contributed by atoms with Crippen molar-refractivity contribution in [2.45, 2.75) is 13.3 Å². The summed E-state index contributed by atoms with van der Waals surface area (Å²) in [7, 11) is 0. The number of halogens is 1. The van der Waals surface area contributed by atoms with Crippen LogP contribution in [-0.4, -0.2) is 17.4 Å². The van der Waals surface area contributed by atoms with Gasteiger partial charge in [-0.25, -0.2) is 9.37 Å². The Morgan fingerprint density at radius 1 is 1.42 bits per heavy atom. The summed E-state index contributed by atoms with van der Waals surface area (Å²) in [6.45, 7) is 2.22. The minimum atomic E-state index is -0.284. The second kappa shape index (κ2) is 5.90. The fraction of sp³-hybridized carbons (Fsp3) is 0.231. The molecule has 1 aromatic carbocycles. The molecule has 1 aromatic heterocycles. The van der Waals surface area contributed by atoms with Crippen LogP contribution in [0.1, 0.15) is 11.3 Å². The molecule has 0 aliphatic carbocycles. The number of aromatic nitrogens is 1. The van der Waals surface area contributed by atoms with E-state index in [4.69, 9.17) is 5.73 Å². The van der Waals surface area contributed by atoms with Gasteiger partial charge in [-0.15, -0.1) is 11.3 Å². The third-order valence-electron chi connectivity index (χ3n) is 2.53. The van der Waals surface area contributed by atoms with Gasteiger partial charge in [0.2, 0.25) is 5.91 Å². The maximum Gasteiger partial charge on any atom is 0.227 e. The van der Waals surface area contributed by atoms with Gasteiger partial charge >= 0.3 is 0 Å². The summed E-state index contributed by atoms with van der Waals surface area (Å²) < 4.78 is 12.9. The molecule has 0 spiro atoms. The third kappa shape index (κ3) is 3.36. The molecule has 2 rings (SSSR count). The van der Waals surface area contributed by atoms with E-state index < -0.39 is 0 Å². The lowest BCUT2D eigenvalue weighted by atomic mass is 10.1. The molecule has 1 amide bonds. The highest BCUT2D eigenvalue weighted by atomic mass is 32.1. The molecule has 19 heavy (non-hydrogen) atoms. The first-order valence-corrected chi connectivity index (χ1v) is 6.65. The summed E-state index contributed by atoms with van der Waals surface area (Å²) in [5.41, 5.74) is 6.90. The Labute approximate surface area is 114 Å². The van der Waals surface area contributed by atoms with Crippen LogP contribution in [0.25, 0.3) is 11.3 Å². The van der Waals surface area contributed by atoms with Gasteiger partial charge in [0.05, 0.1) is 5.69 Å². The van der Waals surface area contributed by atoms with Crippen molar-refractivity contribution >= 4 is 22.4 Å². The number of carbonyl (C=O) groups excluding carboxylic acids is 1. The highest BCUT2D eigenvalue weighted by Crippen LogP contribution is 2.30. The average molecular weight is 279 g/mol. The molecule has 4 nitrogen and oxygen atoms in total. The number of benzene rings is 1. The van der Waals surface area contributed by atoms with Crippen LogP contribution >= 0.6 is 11.3 Å². The summed E-state index contributed by atoms with van der Waals surface area (Å²) in [6.07, 6.45) is 0.268. The van der Waals surface area contributed by atoms with Crippen molar-refractivity contribution in [3.05, 3.63) is 35.0 Å². The van der Waals surface area contributed by atoms with Crippen molar-refractivity contribution in [3.63, 3.8) is 0 Å². The predicted octanol–water partition coefficient (Wildman–Crippen LogP) is 2.54. The lowest BCUT2D eigenvalue weighted by Crippen LogP contribution is -2.15. The summed E-state index contributed by atoms with van der Waals surface area (Å²) in [6, 6.07) is 6.12. The van der Waals surface area contributed by atoms with Crippen molar-refractivity contribution in [1.29, 1.82) is 0 Å². The minimum Gasteiger partial charge on any atom is -0.330 e. The second-order valence-electron chi connectivity index (χ2n) is 4.02. The van der Waals surface area contributed by atoms with Gasteiger partial charge in [-0.2, -0.15) is 0 Å². The van der Waals surface area contributed by atoms with E-state index in [0.717, 1.165) is 16.1 Å². The van der Waals surface area contributed by atoms with E-state index in [-0.39, 0.29) is 18.1 Å². The number of nitrogens with one attached hydrogen (secondary N) is 1. The van der Waals surface area contributed by atoms with Gasteiger partial charge in [0.15, 0.2) is 5.13 Å². The van der Waals surface area contributed by atoms with Crippen LogP contribution in [-0.2, 0) is 4.79 Å². The monoisotopic (exact) mass is 279 g/mol. The molecule has 0 saturated carbocycles. The SMILES string of the molecule is Cc1sc(NC(=O)CCN)nc1-c1ccc(F)cc1. The lowest BCUT2D eigenvalue weighted by Gasteiger charge is -1.99. The molecule has 0 aliphatic rings. The Morgan fingerprint density at radius 3 is 2.74 bits per heavy atom. The quantitative estimate of drug-likeness (QED) is 0.903. The molecular formula is C13H14FN3OS. The number of nitrogens with two attached hydrogens (primary N) is 1. The van der Waals surface area contributed by atoms with Gasteiger partial charge in [-0.1, -0.05) is 0 Å². The number of rotatable bonds is 4. The van der Waals surface area contributed by atoms with Gasteiger partial charge in [0.25, 0.3) is 0 Å². The summed E-state index contributed by atoms with van der Waals surface area (Å²) in [5, 5.41) is 3.24. The summed E-state index contributed by atoms with van der Waals surface area (Å²) in [5.74, 6) is -0.435. The van der Waals surface area contributed by atoms with E-state index >= 15 is 0 Å². The van der Waals surface area contributed by atoms with E-state index in [0.29, 0.717) is 11.7 Å². The molecular weight excluding hydrogens is 265 g/mol. The van der Waals surface area contributed by atoms with Crippen molar-refractivity contribution in [2.24, 2.45) is 5.73 Å². The molecule has 1 heterocycles. The Balaban J connectivity index is 2.21. The zero-order valence-corrected chi connectivity index (χ0v) is 11.3. The number of hydrogen-bond donors (Lipinski definition) is 2. The number of anilines is 1. The molecule has 0 unspecified atom stereocenters. The Bertz CT molecular complexity index is 580. The van der Waals surface area contributed by atoms with Crippen LogP contribution in [0.15, 0.2) is 24.3 Å².